The molecule has 8 nitrogen and oxygen atoms in total. The smallest absolute Gasteiger partial charge is 0.321 e. The summed E-state index contributed by atoms with van der Waals surface area (Å²) in [6, 6.07) is 14.2. The van der Waals surface area contributed by atoms with Gasteiger partial charge in [0.2, 0.25) is 5.91 Å². The van der Waals surface area contributed by atoms with E-state index in [-0.39, 0.29) is 17.4 Å². The Hall–Kier alpha value is -3.33. The van der Waals surface area contributed by atoms with Crippen molar-refractivity contribution >= 4 is 34.6 Å². The average Bonchev–Trinajstić information content (AvgIpc) is 3.58. The molecule has 1 heterocycles. The molecule has 9 heteroatoms. The first-order chi connectivity index (χ1) is 15.0. The monoisotopic (exact) mass is 438 g/mol. The number of nitrogens with one attached hydrogen (secondary N) is 2. The van der Waals surface area contributed by atoms with Gasteiger partial charge in [0.15, 0.2) is 5.16 Å². The van der Waals surface area contributed by atoms with Gasteiger partial charge in [-0.1, -0.05) is 36.0 Å². The lowest BCUT2D eigenvalue weighted by atomic mass is 10.2. The summed E-state index contributed by atoms with van der Waals surface area (Å²) in [5.74, 6) is 0.246. The highest BCUT2D eigenvalue weighted by molar-refractivity contribution is 7.99. The Morgan fingerprint density at radius 1 is 1.16 bits per heavy atom. The number of para-hydroxylation sites is 1. The molecule has 3 amide bonds. The lowest BCUT2D eigenvalue weighted by Crippen LogP contribution is -2.41. The standard InChI is InChI=1S/C22H22N4O4S/c1-30-16-10-6-14(7-11-16)12-26-20(28)17-4-2-3-5-18(17)24-22(26)31-13-19(27)25-21(29)23-15-8-9-15/h2-7,10-11,15H,8-9,12-13H2,1H3,(H2,23,25,27,29). The fourth-order valence-corrected chi connectivity index (χ4v) is 3.85. The molecule has 0 spiro atoms. The third kappa shape index (κ3) is 5.24. The Balaban J connectivity index is 1.56. The van der Waals surface area contributed by atoms with Gasteiger partial charge < -0.3 is 10.1 Å². The summed E-state index contributed by atoms with van der Waals surface area (Å²) in [7, 11) is 1.59. The van der Waals surface area contributed by atoms with Crippen LogP contribution in [-0.2, 0) is 11.3 Å². The van der Waals surface area contributed by atoms with Crippen LogP contribution >= 0.6 is 11.8 Å². The topological polar surface area (TPSA) is 102 Å². The normalized spacial score (nSPS) is 13.1. The molecule has 1 saturated carbocycles. The van der Waals surface area contributed by atoms with Crippen molar-refractivity contribution in [1.82, 2.24) is 20.2 Å². The molecule has 1 aromatic heterocycles. The minimum atomic E-state index is -0.491. The van der Waals surface area contributed by atoms with Gasteiger partial charge in [0.25, 0.3) is 5.56 Å². The molecule has 2 aromatic carbocycles. The van der Waals surface area contributed by atoms with Crippen LogP contribution in [-0.4, -0.2) is 40.4 Å². The van der Waals surface area contributed by atoms with Gasteiger partial charge in [-0.2, -0.15) is 0 Å². The van der Waals surface area contributed by atoms with Gasteiger partial charge in [0, 0.05) is 6.04 Å². The SMILES string of the molecule is COc1ccc(Cn2c(SCC(=O)NC(=O)NC3CC3)nc3ccccc3c2=O)cc1. The van der Waals surface area contributed by atoms with Crippen LogP contribution in [0.1, 0.15) is 18.4 Å². The molecular weight excluding hydrogens is 416 g/mol. The fraction of sp³-hybridized carbons (Fsp3) is 0.273. The number of aromatic nitrogens is 2. The zero-order valence-electron chi connectivity index (χ0n) is 17.0. The Morgan fingerprint density at radius 2 is 1.90 bits per heavy atom. The van der Waals surface area contributed by atoms with Crippen LogP contribution in [0, 0.1) is 0 Å². The first-order valence-corrected chi connectivity index (χ1v) is 10.9. The van der Waals surface area contributed by atoms with Gasteiger partial charge >= 0.3 is 6.03 Å². The molecular formula is C22H22N4O4S. The van der Waals surface area contributed by atoms with E-state index < -0.39 is 11.9 Å². The number of fused-ring (bicyclic) bond motifs is 1. The summed E-state index contributed by atoms with van der Waals surface area (Å²) in [5, 5.41) is 5.95. The van der Waals surface area contributed by atoms with Crippen molar-refractivity contribution in [1.29, 1.82) is 0 Å². The fourth-order valence-electron chi connectivity index (χ4n) is 3.05. The summed E-state index contributed by atoms with van der Waals surface area (Å²) >= 11 is 1.12. The zero-order chi connectivity index (χ0) is 21.8. The van der Waals surface area contributed by atoms with Crippen molar-refractivity contribution in [2.24, 2.45) is 0 Å². The second kappa shape index (κ2) is 9.22. The number of carbonyl (C=O) groups excluding carboxylic acids is 2. The van der Waals surface area contributed by atoms with E-state index >= 15 is 0 Å². The highest BCUT2D eigenvalue weighted by Gasteiger charge is 2.24. The molecule has 0 bridgehead atoms. The summed E-state index contributed by atoms with van der Waals surface area (Å²) in [6.45, 7) is 0.298. The van der Waals surface area contributed by atoms with Crippen molar-refractivity contribution in [2.75, 3.05) is 12.9 Å². The van der Waals surface area contributed by atoms with E-state index in [0.29, 0.717) is 22.6 Å². The molecule has 0 saturated heterocycles. The van der Waals surface area contributed by atoms with Gasteiger partial charge in [0.05, 0.1) is 30.3 Å². The summed E-state index contributed by atoms with van der Waals surface area (Å²) in [4.78, 5) is 41.7. The highest BCUT2D eigenvalue weighted by Crippen LogP contribution is 2.20. The van der Waals surface area contributed by atoms with Gasteiger partial charge in [-0.25, -0.2) is 9.78 Å². The number of rotatable bonds is 7. The summed E-state index contributed by atoms with van der Waals surface area (Å²) in [6.07, 6.45) is 1.88. The second-order valence-electron chi connectivity index (χ2n) is 7.24. The lowest BCUT2D eigenvalue weighted by Gasteiger charge is -2.13. The minimum Gasteiger partial charge on any atom is -0.497 e. The molecule has 31 heavy (non-hydrogen) atoms. The van der Waals surface area contributed by atoms with Crippen molar-refractivity contribution in [2.45, 2.75) is 30.6 Å². The molecule has 1 aliphatic rings. The van der Waals surface area contributed by atoms with E-state index in [4.69, 9.17) is 4.74 Å². The second-order valence-corrected chi connectivity index (χ2v) is 8.18. The van der Waals surface area contributed by atoms with Crippen molar-refractivity contribution < 1.29 is 14.3 Å². The van der Waals surface area contributed by atoms with Crippen LogP contribution in [0.2, 0.25) is 0 Å². The zero-order valence-corrected chi connectivity index (χ0v) is 17.8. The predicted octanol–water partition coefficient (Wildman–Crippen LogP) is 2.53. The third-order valence-electron chi connectivity index (χ3n) is 4.82. The van der Waals surface area contributed by atoms with E-state index in [2.05, 4.69) is 15.6 Å². The number of carbonyl (C=O) groups is 2. The van der Waals surface area contributed by atoms with Crippen LogP contribution < -0.4 is 20.9 Å². The molecule has 0 aliphatic heterocycles. The van der Waals surface area contributed by atoms with Crippen LogP contribution in [0.15, 0.2) is 58.5 Å². The number of urea groups is 1. The van der Waals surface area contributed by atoms with E-state index in [1.54, 1.807) is 29.9 Å². The molecule has 0 atom stereocenters. The molecule has 2 N–H and O–H groups in total. The number of nitrogens with zero attached hydrogens (tertiary/aromatic N) is 2. The maximum Gasteiger partial charge on any atom is 0.321 e. The number of hydrogen-bond donors (Lipinski definition) is 2. The maximum atomic E-state index is 13.1. The molecule has 0 radical (unpaired) electrons. The van der Waals surface area contributed by atoms with Gasteiger partial charge in [-0.3, -0.25) is 19.5 Å². The number of amides is 3. The molecule has 0 unspecified atom stereocenters. The summed E-state index contributed by atoms with van der Waals surface area (Å²) < 4.78 is 6.73. The Labute approximate surface area is 183 Å². The molecule has 160 valence electrons. The van der Waals surface area contributed by atoms with Gasteiger partial charge in [-0.15, -0.1) is 0 Å². The lowest BCUT2D eigenvalue weighted by molar-refractivity contribution is -0.117. The molecule has 3 aromatic rings. The average molecular weight is 439 g/mol. The Morgan fingerprint density at radius 3 is 2.61 bits per heavy atom. The van der Waals surface area contributed by atoms with E-state index in [0.717, 1.165) is 35.9 Å². The van der Waals surface area contributed by atoms with Crippen LogP contribution in [0.25, 0.3) is 10.9 Å². The quantitative estimate of drug-likeness (QED) is 0.434. The van der Waals surface area contributed by atoms with Crippen molar-refractivity contribution in [3.05, 3.63) is 64.4 Å². The predicted molar refractivity (Wildman–Crippen MR) is 119 cm³/mol. The number of methoxy groups -OCH3 is 1. The van der Waals surface area contributed by atoms with Crippen molar-refractivity contribution in [3.8, 4) is 5.75 Å². The van der Waals surface area contributed by atoms with E-state index in [1.807, 2.05) is 30.3 Å². The number of imide groups is 1. The van der Waals surface area contributed by atoms with Crippen molar-refractivity contribution in [3.63, 3.8) is 0 Å². The van der Waals surface area contributed by atoms with Crippen LogP contribution in [0.5, 0.6) is 5.75 Å². The number of thioether (sulfide) groups is 1. The summed E-state index contributed by atoms with van der Waals surface area (Å²) in [5.41, 5.74) is 1.28. The molecule has 1 fully saturated rings. The molecule has 1 aliphatic carbocycles. The first-order valence-electron chi connectivity index (χ1n) is 9.89. The number of benzene rings is 2. The van der Waals surface area contributed by atoms with E-state index in [9.17, 15) is 14.4 Å². The number of hydrogen-bond acceptors (Lipinski definition) is 6. The Bertz CT molecular complexity index is 1170. The minimum absolute atomic E-state index is 0.0362. The third-order valence-corrected chi connectivity index (χ3v) is 5.80. The Kier molecular flexibility index (Phi) is 6.22. The maximum absolute atomic E-state index is 13.1. The number of ether oxygens (including phenoxy) is 1. The first kappa shape index (κ1) is 20.9. The highest BCUT2D eigenvalue weighted by atomic mass is 32.2. The molecule has 4 rings (SSSR count). The largest absolute Gasteiger partial charge is 0.497 e. The van der Waals surface area contributed by atoms with Gasteiger partial charge in [0.1, 0.15) is 5.75 Å². The van der Waals surface area contributed by atoms with Gasteiger partial charge in [-0.05, 0) is 42.7 Å². The van der Waals surface area contributed by atoms with E-state index in [1.165, 1.54) is 0 Å². The van der Waals surface area contributed by atoms with Crippen LogP contribution in [0.4, 0.5) is 4.79 Å². The van der Waals surface area contributed by atoms with Crippen LogP contribution in [0.3, 0.4) is 0 Å².